The van der Waals surface area contributed by atoms with Crippen LogP contribution in [0.2, 0.25) is 0 Å². The van der Waals surface area contributed by atoms with Crippen LogP contribution in [0.5, 0.6) is 5.75 Å². The maximum atomic E-state index is 13.3. The molecule has 1 aromatic rings. The summed E-state index contributed by atoms with van der Waals surface area (Å²) in [5, 5.41) is 0. The zero-order valence-electron chi connectivity index (χ0n) is 12.2. The molecule has 1 heterocycles. The predicted octanol–water partition coefficient (Wildman–Crippen LogP) is 2.15. The minimum atomic E-state index is -0.857. The lowest BCUT2D eigenvalue weighted by Gasteiger charge is -2.32. The Morgan fingerprint density at radius 3 is 2.40 bits per heavy atom. The third kappa shape index (κ3) is 3.90. The van der Waals surface area contributed by atoms with Gasteiger partial charge in [0.05, 0.1) is 7.11 Å². The van der Waals surface area contributed by atoms with Crippen LogP contribution in [-0.4, -0.2) is 56.7 Å². The molecular formula is C15H22F2N2O. The van der Waals surface area contributed by atoms with Crippen molar-refractivity contribution in [1.29, 1.82) is 0 Å². The van der Waals surface area contributed by atoms with Crippen molar-refractivity contribution in [1.82, 2.24) is 9.80 Å². The number of ether oxygens (including phenoxy) is 1. The lowest BCUT2D eigenvalue weighted by molar-refractivity contribution is 0.153. The molecular weight excluding hydrogens is 262 g/mol. The molecule has 0 radical (unpaired) electrons. The Morgan fingerprint density at radius 2 is 1.75 bits per heavy atom. The highest BCUT2D eigenvalue weighted by Gasteiger charge is 2.14. The van der Waals surface area contributed by atoms with Gasteiger partial charge in [-0.15, -0.1) is 0 Å². The Labute approximate surface area is 119 Å². The van der Waals surface area contributed by atoms with Crippen LogP contribution in [-0.2, 0) is 6.42 Å². The van der Waals surface area contributed by atoms with Gasteiger partial charge in [0.25, 0.3) is 0 Å². The van der Waals surface area contributed by atoms with Crippen LogP contribution in [0, 0.1) is 11.6 Å². The molecule has 0 N–H and O–H groups in total. The molecule has 0 aliphatic carbocycles. The van der Waals surface area contributed by atoms with Crippen molar-refractivity contribution in [3.05, 3.63) is 29.3 Å². The van der Waals surface area contributed by atoms with Gasteiger partial charge in [0.1, 0.15) is 5.75 Å². The SMILES string of the molecule is COc1cc(F)c(F)cc1CCCN1CCN(C)CC1. The number of hydrogen-bond donors (Lipinski definition) is 0. The number of halogens is 2. The van der Waals surface area contributed by atoms with E-state index in [1.807, 2.05) is 0 Å². The van der Waals surface area contributed by atoms with Crippen LogP contribution >= 0.6 is 0 Å². The van der Waals surface area contributed by atoms with Gasteiger partial charge in [-0.1, -0.05) is 0 Å². The first-order chi connectivity index (χ1) is 9.60. The van der Waals surface area contributed by atoms with Crippen molar-refractivity contribution in [2.24, 2.45) is 0 Å². The highest BCUT2D eigenvalue weighted by molar-refractivity contribution is 5.34. The van der Waals surface area contributed by atoms with Gasteiger partial charge in [-0.2, -0.15) is 0 Å². The fraction of sp³-hybridized carbons (Fsp3) is 0.600. The summed E-state index contributed by atoms with van der Waals surface area (Å²) >= 11 is 0. The van der Waals surface area contributed by atoms with Gasteiger partial charge >= 0.3 is 0 Å². The lowest BCUT2D eigenvalue weighted by Crippen LogP contribution is -2.44. The Bertz CT molecular complexity index is 446. The van der Waals surface area contributed by atoms with E-state index in [4.69, 9.17) is 4.74 Å². The van der Waals surface area contributed by atoms with E-state index in [9.17, 15) is 8.78 Å². The minimum Gasteiger partial charge on any atom is -0.496 e. The van der Waals surface area contributed by atoms with Gasteiger partial charge in [0.15, 0.2) is 11.6 Å². The van der Waals surface area contributed by atoms with E-state index in [1.54, 1.807) is 0 Å². The number of nitrogens with zero attached hydrogens (tertiary/aromatic N) is 2. The summed E-state index contributed by atoms with van der Waals surface area (Å²) in [5.41, 5.74) is 0.737. The number of methoxy groups -OCH3 is 1. The first-order valence-corrected chi connectivity index (χ1v) is 7.03. The molecule has 0 unspecified atom stereocenters. The molecule has 3 nitrogen and oxygen atoms in total. The largest absolute Gasteiger partial charge is 0.496 e. The molecule has 0 bridgehead atoms. The third-order valence-corrected chi connectivity index (χ3v) is 3.84. The maximum Gasteiger partial charge on any atom is 0.162 e. The van der Waals surface area contributed by atoms with E-state index in [0.29, 0.717) is 12.2 Å². The summed E-state index contributed by atoms with van der Waals surface area (Å²) in [6.07, 6.45) is 1.62. The average Bonchev–Trinajstić information content (AvgIpc) is 2.44. The zero-order chi connectivity index (χ0) is 14.5. The summed E-state index contributed by atoms with van der Waals surface area (Å²) in [4.78, 5) is 4.72. The molecule has 1 aliphatic heterocycles. The molecule has 1 aromatic carbocycles. The van der Waals surface area contributed by atoms with Crippen LogP contribution in [0.4, 0.5) is 8.78 Å². The first kappa shape index (κ1) is 15.2. The molecule has 0 amide bonds. The van der Waals surface area contributed by atoms with E-state index in [0.717, 1.165) is 50.8 Å². The number of hydrogen-bond acceptors (Lipinski definition) is 3. The maximum absolute atomic E-state index is 13.3. The minimum absolute atomic E-state index is 0.433. The van der Waals surface area contributed by atoms with Crippen molar-refractivity contribution in [2.75, 3.05) is 46.9 Å². The molecule has 20 heavy (non-hydrogen) atoms. The number of rotatable bonds is 5. The fourth-order valence-corrected chi connectivity index (χ4v) is 2.52. The standard InChI is InChI=1S/C15H22F2N2O/c1-18-6-8-19(9-7-18)5-3-4-12-10-13(16)14(17)11-15(12)20-2/h10-11H,3-9H2,1-2H3. The van der Waals surface area contributed by atoms with Gasteiger partial charge in [-0.25, -0.2) is 8.78 Å². The van der Waals surface area contributed by atoms with Gasteiger partial charge in [0.2, 0.25) is 0 Å². The molecule has 1 saturated heterocycles. The molecule has 2 rings (SSSR count). The number of piperazine rings is 1. The van der Waals surface area contributed by atoms with E-state index in [-0.39, 0.29) is 0 Å². The van der Waals surface area contributed by atoms with Gasteiger partial charge < -0.3 is 14.5 Å². The number of aryl methyl sites for hydroxylation is 1. The van der Waals surface area contributed by atoms with Crippen LogP contribution in [0.25, 0.3) is 0 Å². The smallest absolute Gasteiger partial charge is 0.162 e. The highest BCUT2D eigenvalue weighted by atomic mass is 19.2. The number of likely N-dealkylation sites (N-methyl/N-ethyl adjacent to an activating group) is 1. The highest BCUT2D eigenvalue weighted by Crippen LogP contribution is 2.23. The first-order valence-electron chi connectivity index (χ1n) is 7.03. The second kappa shape index (κ2) is 6.99. The normalized spacial score (nSPS) is 17.4. The van der Waals surface area contributed by atoms with Gasteiger partial charge in [-0.05, 0) is 38.1 Å². The zero-order valence-corrected chi connectivity index (χ0v) is 12.2. The molecule has 1 fully saturated rings. The van der Waals surface area contributed by atoms with Gasteiger partial charge in [-0.3, -0.25) is 0 Å². The monoisotopic (exact) mass is 284 g/mol. The van der Waals surface area contributed by atoms with Crippen LogP contribution in [0.3, 0.4) is 0 Å². The third-order valence-electron chi connectivity index (χ3n) is 3.84. The Hall–Kier alpha value is -1.20. The Balaban J connectivity index is 1.86. The molecule has 5 heteroatoms. The average molecular weight is 284 g/mol. The second-order valence-electron chi connectivity index (χ2n) is 5.33. The lowest BCUT2D eigenvalue weighted by atomic mass is 10.1. The summed E-state index contributed by atoms with van der Waals surface area (Å²) in [6.45, 7) is 5.32. The van der Waals surface area contributed by atoms with E-state index < -0.39 is 11.6 Å². The van der Waals surface area contributed by atoms with Crippen molar-refractivity contribution in [3.63, 3.8) is 0 Å². The Morgan fingerprint density at radius 1 is 1.10 bits per heavy atom. The van der Waals surface area contributed by atoms with Crippen molar-refractivity contribution in [2.45, 2.75) is 12.8 Å². The van der Waals surface area contributed by atoms with Crippen molar-refractivity contribution in [3.8, 4) is 5.75 Å². The molecule has 1 aliphatic rings. The van der Waals surface area contributed by atoms with Crippen molar-refractivity contribution < 1.29 is 13.5 Å². The van der Waals surface area contributed by atoms with Crippen LogP contribution < -0.4 is 4.74 Å². The van der Waals surface area contributed by atoms with Crippen molar-refractivity contribution >= 4 is 0 Å². The van der Waals surface area contributed by atoms with Gasteiger partial charge in [0, 0.05) is 32.2 Å². The van der Waals surface area contributed by atoms with E-state index in [1.165, 1.54) is 13.2 Å². The second-order valence-corrected chi connectivity index (χ2v) is 5.33. The molecule has 0 spiro atoms. The summed E-state index contributed by atoms with van der Waals surface area (Å²) in [5.74, 6) is -1.23. The van der Waals surface area contributed by atoms with Crippen LogP contribution in [0.1, 0.15) is 12.0 Å². The predicted molar refractivity (Wildman–Crippen MR) is 75.2 cm³/mol. The van der Waals surface area contributed by atoms with E-state index in [2.05, 4.69) is 16.8 Å². The fourth-order valence-electron chi connectivity index (χ4n) is 2.52. The number of benzene rings is 1. The Kier molecular flexibility index (Phi) is 5.31. The summed E-state index contributed by atoms with van der Waals surface area (Å²) in [6, 6.07) is 2.37. The summed E-state index contributed by atoms with van der Waals surface area (Å²) < 4.78 is 31.5. The van der Waals surface area contributed by atoms with Crippen LogP contribution in [0.15, 0.2) is 12.1 Å². The molecule has 0 saturated carbocycles. The topological polar surface area (TPSA) is 15.7 Å². The molecule has 112 valence electrons. The molecule has 0 atom stereocenters. The summed E-state index contributed by atoms with van der Waals surface area (Å²) in [7, 11) is 3.61. The quantitative estimate of drug-likeness (QED) is 0.824. The molecule has 0 aromatic heterocycles. The van der Waals surface area contributed by atoms with E-state index >= 15 is 0 Å².